The van der Waals surface area contributed by atoms with Crippen LogP contribution in [0.1, 0.15) is 157 Å². The molecule has 3 aliphatic rings. The highest BCUT2D eigenvalue weighted by Crippen LogP contribution is 2.31. The number of methoxy groups -OCH3 is 1. The number of carbonyl (C=O) groups is 8. The molecule has 31 nitrogen and oxygen atoms in total. The molecule has 3 fully saturated rings. The van der Waals surface area contributed by atoms with Gasteiger partial charge in [0, 0.05) is 115 Å². The number of hydrogen-bond acceptors (Lipinski definition) is 24. The van der Waals surface area contributed by atoms with Crippen LogP contribution < -0.4 is 37.2 Å². The summed E-state index contributed by atoms with van der Waals surface area (Å²) in [4.78, 5) is 105. The summed E-state index contributed by atoms with van der Waals surface area (Å²) >= 11 is 0. The predicted octanol–water partition coefficient (Wildman–Crippen LogP) is -2.29. The summed E-state index contributed by atoms with van der Waals surface area (Å²) in [6.07, 6.45) is -11.7. The van der Waals surface area contributed by atoms with Crippen LogP contribution in [-0.2, 0) is 71.5 Å². The van der Waals surface area contributed by atoms with E-state index in [9.17, 15) is 84.3 Å². The number of aliphatic hydroxyl groups is 9. The van der Waals surface area contributed by atoms with Crippen molar-refractivity contribution in [2.45, 2.75) is 236 Å². The van der Waals surface area contributed by atoms with E-state index in [1.807, 2.05) is 0 Å². The fourth-order valence-corrected chi connectivity index (χ4v) is 10.3. The molecule has 0 aromatic rings. The quantitative estimate of drug-likeness (QED) is 0.0285. The fraction of sp³-hybridized carbons (Fsp3) is 0.873. The van der Waals surface area contributed by atoms with Crippen molar-refractivity contribution < 1.29 is 117 Å². The van der Waals surface area contributed by atoms with Crippen molar-refractivity contribution in [2.24, 2.45) is 23.7 Å². The van der Waals surface area contributed by atoms with Gasteiger partial charge in [-0.15, -0.1) is 0 Å². The Morgan fingerprint density at radius 2 is 0.691 bits per heavy atom. The molecule has 3 aliphatic heterocycles. The standard InChI is InChI=1S/C59H105N7O24.C4H10/c1-36-50(78)53(81)40(33-67)88-56(36)85-30-17-46(74)60-23-6-5-11-39(70)14-20-59(66-49(77)13-7-12-43(71)65-28-10-29-84-4,21-15-44(72)61-24-8-26-63-47(75)18-31-86-57-37(2)51(79)54(82)41(34-68)89-57)22-16-45(73)62-25-9-27-64-48(76)19-32-87-58-38(3)52(80)55(83)42(35-69)90-58;1-4(2)3/h36-38,40-42,50-58,67-69,78-83H,5-35H2,1-4H3,(H,60,74)(H,61,72)(H,62,73)(H,63,75)(H,64,76)(H,65,71)(H,66,77);4H,1-3H3/t36?,37?,38?,40?,41?,42?,50-,51-,52-,53+,54+,55+,56-,57-,58-,59?;/m1./s1. The Kier molecular flexibility index (Phi) is 43.7. The number of amides is 7. The van der Waals surface area contributed by atoms with Crippen LogP contribution in [0.3, 0.4) is 0 Å². The van der Waals surface area contributed by atoms with Crippen LogP contribution in [0, 0.1) is 23.7 Å². The first-order valence-electron chi connectivity index (χ1n) is 33.4. The highest BCUT2D eigenvalue weighted by molar-refractivity contribution is 5.82. The molecule has 7 amide bonds. The van der Waals surface area contributed by atoms with Crippen LogP contribution in [-0.4, -0.2) is 265 Å². The molecule has 0 aromatic carbocycles. The van der Waals surface area contributed by atoms with Gasteiger partial charge in [0.2, 0.25) is 41.4 Å². The largest absolute Gasteiger partial charge is 0.394 e. The lowest BCUT2D eigenvalue weighted by atomic mass is 9.82. The normalized spacial score (nSPS) is 26.6. The SMILES string of the molecule is CC(C)C.COCCCNC(=O)CCCC(=O)NC(CCC(=O)CCCCNC(=O)CCO[C@@H]1OC(CO)[C@H](O)[C@H](O)C1C)(CCC(=O)NCCCNC(=O)CCO[C@@H]1OC(CO)[C@H](O)[C@H](O)C1C)CCC(=O)NCCCNC(=O)CCO[C@@H]1OC(CO)[C@H](O)[C@H](O)C1C. The van der Waals surface area contributed by atoms with Crippen molar-refractivity contribution in [1.29, 1.82) is 0 Å². The lowest BCUT2D eigenvalue weighted by Crippen LogP contribution is -2.55. The lowest BCUT2D eigenvalue weighted by Gasteiger charge is -2.40. The third-order valence-corrected chi connectivity index (χ3v) is 16.2. The van der Waals surface area contributed by atoms with E-state index in [-0.39, 0.29) is 165 Å². The van der Waals surface area contributed by atoms with Gasteiger partial charge in [-0.1, -0.05) is 41.5 Å². The van der Waals surface area contributed by atoms with E-state index in [2.05, 4.69) is 58.0 Å². The number of ketones is 1. The van der Waals surface area contributed by atoms with E-state index in [4.69, 9.17) is 33.2 Å². The number of Topliss-reactive ketones (excluding diaryl/α,β-unsaturated/α-hetero) is 1. The van der Waals surface area contributed by atoms with Gasteiger partial charge >= 0.3 is 0 Å². The number of unbranched alkanes of at least 4 members (excludes halogenated alkanes) is 1. The topological polar surface area (TPSA) is 467 Å². The van der Waals surface area contributed by atoms with Gasteiger partial charge in [-0.05, 0) is 63.7 Å². The first kappa shape index (κ1) is 85.4. The van der Waals surface area contributed by atoms with E-state index in [0.29, 0.717) is 45.3 Å². The molecule has 3 heterocycles. The summed E-state index contributed by atoms with van der Waals surface area (Å²) < 4.78 is 38.5. The predicted molar refractivity (Wildman–Crippen MR) is 338 cm³/mol. The van der Waals surface area contributed by atoms with Gasteiger partial charge in [-0.3, -0.25) is 38.4 Å². The molecule has 15 atom stereocenters. The molecule has 0 spiro atoms. The summed E-state index contributed by atoms with van der Waals surface area (Å²) in [7, 11) is 1.55. The third-order valence-electron chi connectivity index (χ3n) is 16.2. The van der Waals surface area contributed by atoms with Crippen molar-refractivity contribution in [3.05, 3.63) is 0 Å². The molecule has 94 heavy (non-hydrogen) atoms. The van der Waals surface area contributed by atoms with E-state index in [1.165, 1.54) is 0 Å². The highest BCUT2D eigenvalue weighted by atomic mass is 16.7. The second-order valence-electron chi connectivity index (χ2n) is 25.1. The number of aliphatic hydroxyl groups excluding tert-OH is 9. The Labute approximate surface area is 552 Å². The fourth-order valence-electron chi connectivity index (χ4n) is 10.3. The van der Waals surface area contributed by atoms with E-state index in [1.54, 1.807) is 27.9 Å². The Morgan fingerprint density at radius 3 is 1.04 bits per heavy atom. The van der Waals surface area contributed by atoms with Crippen molar-refractivity contribution >= 4 is 47.1 Å². The van der Waals surface area contributed by atoms with Gasteiger partial charge in [0.15, 0.2) is 18.9 Å². The zero-order chi connectivity index (χ0) is 70.2. The van der Waals surface area contributed by atoms with E-state index < -0.39 is 135 Å². The maximum atomic E-state index is 13.8. The van der Waals surface area contributed by atoms with Gasteiger partial charge in [-0.2, -0.15) is 0 Å². The molecule has 31 heteroatoms. The van der Waals surface area contributed by atoms with Gasteiger partial charge in [0.25, 0.3) is 0 Å². The van der Waals surface area contributed by atoms with E-state index in [0.717, 1.165) is 5.92 Å². The maximum Gasteiger partial charge on any atom is 0.222 e. The first-order valence-corrected chi connectivity index (χ1v) is 33.4. The molecule has 3 rings (SSSR count). The smallest absolute Gasteiger partial charge is 0.222 e. The molecule has 0 saturated carbocycles. The number of rotatable bonds is 46. The maximum absolute atomic E-state index is 13.8. The second kappa shape index (κ2) is 48.1. The molecule has 0 aromatic heterocycles. The zero-order valence-corrected chi connectivity index (χ0v) is 56.3. The van der Waals surface area contributed by atoms with Crippen LogP contribution in [0.15, 0.2) is 0 Å². The molecule has 0 radical (unpaired) electrons. The van der Waals surface area contributed by atoms with Crippen LogP contribution >= 0.6 is 0 Å². The van der Waals surface area contributed by atoms with Gasteiger partial charge in [0.05, 0.1) is 77.2 Å². The van der Waals surface area contributed by atoms with Crippen molar-refractivity contribution in [1.82, 2.24) is 37.2 Å². The Bertz CT molecular complexity index is 1990. The minimum atomic E-state index is -1.30. The van der Waals surface area contributed by atoms with Crippen molar-refractivity contribution in [3.8, 4) is 0 Å². The molecule has 16 N–H and O–H groups in total. The molecule has 0 aliphatic carbocycles. The summed E-state index contributed by atoms with van der Waals surface area (Å²) in [6.45, 7) is 11.2. The van der Waals surface area contributed by atoms with Crippen LogP contribution in [0.2, 0.25) is 0 Å². The molecular weight excluding hydrogens is 1240 g/mol. The Morgan fingerprint density at radius 1 is 0.383 bits per heavy atom. The number of nitrogens with one attached hydrogen (secondary N) is 7. The van der Waals surface area contributed by atoms with Crippen LogP contribution in [0.25, 0.3) is 0 Å². The van der Waals surface area contributed by atoms with Gasteiger partial charge in [-0.25, -0.2) is 0 Å². The van der Waals surface area contributed by atoms with E-state index >= 15 is 0 Å². The van der Waals surface area contributed by atoms with Gasteiger partial charge in [0.1, 0.15) is 42.4 Å². The molecule has 6 unspecified atom stereocenters. The average molecular weight is 1350 g/mol. The number of ether oxygens (including phenoxy) is 7. The Balaban J connectivity index is 0.00000729. The molecule has 0 bridgehead atoms. The van der Waals surface area contributed by atoms with Crippen LogP contribution in [0.5, 0.6) is 0 Å². The Hall–Kier alpha value is -4.68. The highest BCUT2D eigenvalue weighted by Gasteiger charge is 2.45. The monoisotopic (exact) mass is 1350 g/mol. The molecule has 546 valence electrons. The zero-order valence-electron chi connectivity index (χ0n) is 56.3. The minimum absolute atomic E-state index is 0.00161. The average Bonchev–Trinajstić information content (AvgIpc) is 1.12. The molecule has 3 saturated heterocycles. The summed E-state index contributed by atoms with van der Waals surface area (Å²) in [5.41, 5.74) is -1.28. The van der Waals surface area contributed by atoms with Crippen molar-refractivity contribution in [2.75, 3.05) is 92.6 Å². The number of hydrogen-bond donors (Lipinski definition) is 16. The van der Waals surface area contributed by atoms with Crippen molar-refractivity contribution in [3.63, 3.8) is 0 Å². The summed E-state index contributed by atoms with van der Waals surface area (Å²) in [5, 5.41) is 109. The first-order chi connectivity index (χ1) is 44.7. The second-order valence-corrected chi connectivity index (χ2v) is 25.1. The molecular formula is C63H115N7O24. The summed E-state index contributed by atoms with van der Waals surface area (Å²) in [5.74, 6) is -3.87. The third kappa shape index (κ3) is 34.0. The van der Waals surface area contributed by atoms with Crippen LogP contribution in [0.4, 0.5) is 0 Å². The lowest BCUT2D eigenvalue weighted by molar-refractivity contribution is -0.282. The van der Waals surface area contributed by atoms with Gasteiger partial charge < -0.3 is 116 Å². The minimum Gasteiger partial charge on any atom is -0.394 e. The number of carbonyl (C=O) groups excluding carboxylic acids is 8. The summed E-state index contributed by atoms with van der Waals surface area (Å²) in [6, 6.07) is 0.